The van der Waals surface area contributed by atoms with Gasteiger partial charge in [0.05, 0.1) is 0 Å². The maximum absolute atomic E-state index is 12.8. The molecule has 0 bridgehead atoms. The second kappa shape index (κ2) is 5.87. The van der Waals surface area contributed by atoms with Gasteiger partial charge < -0.3 is 4.90 Å². The van der Waals surface area contributed by atoms with Crippen LogP contribution in [0.3, 0.4) is 0 Å². The highest BCUT2D eigenvalue weighted by molar-refractivity contribution is 6.05. The van der Waals surface area contributed by atoms with E-state index in [0.717, 1.165) is 11.3 Å². The van der Waals surface area contributed by atoms with Gasteiger partial charge in [0, 0.05) is 35.5 Å². The summed E-state index contributed by atoms with van der Waals surface area (Å²) in [5.74, 6) is 0.0585. The zero-order chi connectivity index (χ0) is 18.4. The van der Waals surface area contributed by atoms with Crippen LogP contribution in [-0.2, 0) is 10.8 Å². The van der Waals surface area contributed by atoms with Gasteiger partial charge in [-0.1, -0.05) is 77.1 Å². The molecular formula is C23H27NO. The van der Waals surface area contributed by atoms with Gasteiger partial charge in [0.25, 0.3) is 0 Å². The Kier molecular flexibility index (Phi) is 4.10. The minimum atomic E-state index is -0.174. The zero-order valence-electron chi connectivity index (χ0n) is 16.1. The largest absolute Gasteiger partial charge is 0.347 e. The van der Waals surface area contributed by atoms with Crippen LogP contribution in [0.15, 0.2) is 60.3 Å². The molecule has 1 heterocycles. The summed E-state index contributed by atoms with van der Waals surface area (Å²) >= 11 is 0. The molecule has 2 aromatic carbocycles. The van der Waals surface area contributed by atoms with Crippen molar-refractivity contribution in [2.75, 3.05) is 11.9 Å². The van der Waals surface area contributed by atoms with Crippen molar-refractivity contribution in [1.82, 2.24) is 0 Å². The second-order valence-electron chi connectivity index (χ2n) is 8.42. The molecule has 130 valence electrons. The number of allylic oxidation sites excluding steroid dienone is 2. The summed E-state index contributed by atoms with van der Waals surface area (Å²) in [6, 6.07) is 16.4. The average Bonchev–Trinajstić information content (AvgIpc) is 2.75. The highest BCUT2D eigenvalue weighted by Gasteiger charge is 2.38. The highest BCUT2D eigenvalue weighted by atomic mass is 16.1. The Morgan fingerprint density at radius 2 is 1.60 bits per heavy atom. The van der Waals surface area contributed by atoms with Crippen LogP contribution in [0.5, 0.6) is 0 Å². The number of carbonyl (C=O) groups excluding carboxylic acids is 1. The van der Waals surface area contributed by atoms with Gasteiger partial charge in [-0.25, -0.2) is 0 Å². The zero-order valence-corrected chi connectivity index (χ0v) is 16.1. The summed E-state index contributed by atoms with van der Waals surface area (Å²) in [5, 5.41) is 0. The van der Waals surface area contributed by atoms with Gasteiger partial charge in [-0.2, -0.15) is 0 Å². The predicted molar refractivity (Wildman–Crippen MR) is 105 cm³/mol. The van der Waals surface area contributed by atoms with Crippen LogP contribution >= 0.6 is 0 Å². The lowest BCUT2D eigenvalue weighted by atomic mass is 9.83. The van der Waals surface area contributed by atoms with E-state index in [4.69, 9.17) is 0 Å². The summed E-state index contributed by atoms with van der Waals surface area (Å²) in [6.45, 7) is 10.9. The lowest BCUT2D eigenvalue weighted by Gasteiger charge is -2.24. The molecule has 2 aromatic rings. The number of nitrogens with zero attached hydrogens (tertiary/aromatic N) is 1. The molecule has 1 aliphatic rings. The third-order valence-electron chi connectivity index (χ3n) is 5.24. The normalized spacial score (nSPS) is 17.7. The monoisotopic (exact) mass is 333 g/mol. The molecule has 0 aliphatic carbocycles. The number of rotatable bonds is 2. The standard InChI is InChI=1S/C23H27NO/c1-22(2,3)17-13-11-16(12-14-17)20(25)15-21-23(4,5)18-9-7-8-10-19(18)24(21)6/h7-15H,1-6H3/b21-15+. The van der Waals surface area contributed by atoms with Crippen LogP contribution in [-0.4, -0.2) is 12.8 Å². The summed E-state index contributed by atoms with van der Waals surface area (Å²) in [5.41, 5.74) is 5.37. The molecule has 0 unspecified atom stereocenters. The number of hydrogen-bond acceptors (Lipinski definition) is 2. The van der Waals surface area contributed by atoms with Crippen molar-refractivity contribution < 1.29 is 4.79 Å². The first kappa shape index (κ1) is 17.5. The third-order valence-corrected chi connectivity index (χ3v) is 5.24. The van der Waals surface area contributed by atoms with Crippen molar-refractivity contribution in [3.05, 3.63) is 77.0 Å². The molecule has 25 heavy (non-hydrogen) atoms. The average molecular weight is 333 g/mol. The number of anilines is 1. The van der Waals surface area contributed by atoms with E-state index in [1.807, 2.05) is 25.2 Å². The van der Waals surface area contributed by atoms with Gasteiger partial charge in [-0.05, 0) is 22.6 Å². The van der Waals surface area contributed by atoms with Crippen LogP contribution in [0.2, 0.25) is 0 Å². The third kappa shape index (κ3) is 3.02. The van der Waals surface area contributed by atoms with Crippen LogP contribution in [0.4, 0.5) is 5.69 Å². The first-order valence-electron chi connectivity index (χ1n) is 8.82. The van der Waals surface area contributed by atoms with Gasteiger partial charge in [0.1, 0.15) is 0 Å². The minimum Gasteiger partial charge on any atom is -0.347 e. The summed E-state index contributed by atoms with van der Waals surface area (Å²) in [7, 11) is 2.04. The number of benzene rings is 2. The first-order valence-corrected chi connectivity index (χ1v) is 8.82. The minimum absolute atomic E-state index is 0.0585. The van der Waals surface area contributed by atoms with Gasteiger partial charge in [-0.15, -0.1) is 0 Å². The topological polar surface area (TPSA) is 20.3 Å². The van der Waals surface area contributed by atoms with Gasteiger partial charge in [0.2, 0.25) is 0 Å². The number of likely N-dealkylation sites (N-methyl/N-ethyl adjacent to an activating group) is 1. The summed E-state index contributed by atoms with van der Waals surface area (Å²) in [4.78, 5) is 15.0. The summed E-state index contributed by atoms with van der Waals surface area (Å²) in [6.07, 6.45) is 1.80. The Morgan fingerprint density at radius 1 is 1.00 bits per heavy atom. The Hall–Kier alpha value is -2.35. The van der Waals surface area contributed by atoms with Crippen molar-refractivity contribution in [3.8, 4) is 0 Å². The molecule has 0 saturated heterocycles. The number of hydrogen-bond donors (Lipinski definition) is 0. The number of carbonyl (C=O) groups is 1. The molecule has 0 radical (unpaired) electrons. The van der Waals surface area contributed by atoms with E-state index in [1.165, 1.54) is 16.8 Å². The Morgan fingerprint density at radius 3 is 2.16 bits per heavy atom. The molecule has 0 N–H and O–H groups in total. The lowest BCUT2D eigenvalue weighted by molar-refractivity contribution is 0.104. The fraction of sp³-hybridized carbons (Fsp3) is 0.348. The molecule has 0 amide bonds. The van der Waals surface area contributed by atoms with Crippen LogP contribution in [0, 0.1) is 0 Å². The highest BCUT2D eigenvalue weighted by Crippen LogP contribution is 2.46. The van der Waals surface area contributed by atoms with E-state index in [1.54, 1.807) is 6.08 Å². The van der Waals surface area contributed by atoms with Crippen LogP contribution in [0.1, 0.15) is 56.1 Å². The molecule has 0 atom stereocenters. The van der Waals surface area contributed by atoms with Gasteiger partial charge in [-0.3, -0.25) is 4.79 Å². The van der Waals surface area contributed by atoms with Crippen molar-refractivity contribution in [2.45, 2.75) is 45.4 Å². The molecule has 2 nitrogen and oxygen atoms in total. The Balaban J connectivity index is 1.94. The van der Waals surface area contributed by atoms with Gasteiger partial charge in [0.15, 0.2) is 5.78 Å². The van der Waals surface area contributed by atoms with E-state index in [-0.39, 0.29) is 16.6 Å². The van der Waals surface area contributed by atoms with Crippen molar-refractivity contribution >= 4 is 11.5 Å². The molecule has 1 aliphatic heterocycles. The lowest BCUT2D eigenvalue weighted by Crippen LogP contribution is -2.24. The van der Waals surface area contributed by atoms with Crippen LogP contribution in [0.25, 0.3) is 0 Å². The second-order valence-corrected chi connectivity index (χ2v) is 8.42. The number of para-hydroxylation sites is 1. The van der Waals surface area contributed by atoms with Crippen molar-refractivity contribution in [1.29, 1.82) is 0 Å². The predicted octanol–water partition coefficient (Wildman–Crippen LogP) is 5.48. The maximum atomic E-state index is 12.8. The van der Waals surface area contributed by atoms with E-state index < -0.39 is 0 Å². The molecule has 0 saturated carbocycles. The smallest absolute Gasteiger partial charge is 0.187 e. The Labute approximate surface area is 151 Å². The number of ketones is 1. The molecule has 2 heteroatoms. The van der Waals surface area contributed by atoms with Gasteiger partial charge >= 0.3 is 0 Å². The SMILES string of the molecule is CN1/C(=C/C(=O)c2ccc(C(C)(C)C)cc2)C(C)(C)c2ccccc21. The van der Waals surface area contributed by atoms with Crippen molar-refractivity contribution in [2.24, 2.45) is 0 Å². The Bertz CT molecular complexity index is 835. The van der Waals surface area contributed by atoms with E-state index >= 15 is 0 Å². The molecule has 0 aromatic heterocycles. The summed E-state index contributed by atoms with van der Waals surface area (Å²) < 4.78 is 0. The quantitative estimate of drug-likeness (QED) is 0.536. The van der Waals surface area contributed by atoms with E-state index in [2.05, 4.69) is 69.9 Å². The number of fused-ring (bicyclic) bond motifs is 1. The van der Waals surface area contributed by atoms with Crippen LogP contribution < -0.4 is 4.90 Å². The molecule has 3 rings (SSSR count). The molecule has 0 fully saturated rings. The van der Waals surface area contributed by atoms with E-state index in [9.17, 15) is 4.79 Å². The van der Waals surface area contributed by atoms with Crippen molar-refractivity contribution in [3.63, 3.8) is 0 Å². The fourth-order valence-corrected chi connectivity index (χ4v) is 3.60. The first-order chi connectivity index (χ1) is 11.6. The molecular weight excluding hydrogens is 306 g/mol. The van der Waals surface area contributed by atoms with E-state index in [0.29, 0.717) is 0 Å². The molecule has 0 spiro atoms. The maximum Gasteiger partial charge on any atom is 0.187 e. The fourth-order valence-electron chi connectivity index (χ4n) is 3.60.